The van der Waals surface area contributed by atoms with Crippen molar-refractivity contribution in [3.05, 3.63) is 100 Å². The minimum Gasteiger partial charge on any atom is -0.390 e. The van der Waals surface area contributed by atoms with Gasteiger partial charge in [-0.2, -0.15) is 0 Å². The van der Waals surface area contributed by atoms with Crippen LogP contribution in [0.4, 0.5) is 8.78 Å². The Labute approximate surface area is 204 Å². The number of rotatable bonds is 9. The summed E-state index contributed by atoms with van der Waals surface area (Å²) in [4.78, 5) is 16.8. The number of carbonyl (C=O) groups is 1. The number of nitrogens with one attached hydrogen (secondary N) is 2. The second kappa shape index (κ2) is 11.5. The van der Waals surface area contributed by atoms with Gasteiger partial charge < -0.3 is 15.7 Å². The Morgan fingerprint density at radius 1 is 1.14 bits per heavy atom. The van der Waals surface area contributed by atoms with Gasteiger partial charge in [-0.05, 0) is 78.6 Å². The third-order valence-corrected chi connectivity index (χ3v) is 6.59. The topological polar surface area (TPSA) is 74.2 Å². The number of aromatic nitrogens is 1. The van der Waals surface area contributed by atoms with E-state index in [0.717, 1.165) is 31.7 Å². The molecular formula is C28H31F2N3O2. The lowest BCUT2D eigenvalue weighted by Crippen LogP contribution is -2.49. The fraction of sp³-hybridized carbons (Fsp3) is 0.357. The predicted molar refractivity (Wildman–Crippen MR) is 131 cm³/mol. The van der Waals surface area contributed by atoms with Gasteiger partial charge in [-0.25, -0.2) is 8.78 Å². The molecule has 35 heavy (non-hydrogen) atoms. The van der Waals surface area contributed by atoms with E-state index in [-0.39, 0.29) is 19.0 Å². The van der Waals surface area contributed by atoms with Gasteiger partial charge in [0.2, 0.25) is 0 Å². The van der Waals surface area contributed by atoms with Crippen molar-refractivity contribution in [2.75, 3.05) is 6.54 Å². The summed E-state index contributed by atoms with van der Waals surface area (Å²) in [5.41, 5.74) is 4.54. The van der Waals surface area contributed by atoms with Crippen LogP contribution >= 0.6 is 0 Å². The minimum atomic E-state index is -0.985. The van der Waals surface area contributed by atoms with E-state index in [9.17, 15) is 18.7 Å². The number of carbonyl (C=O) groups excluding carboxylic acids is 1. The molecule has 0 saturated heterocycles. The van der Waals surface area contributed by atoms with Crippen LogP contribution < -0.4 is 10.6 Å². The summed E-state index contributed by atoms with van der Waals surface area (Å²) in [5, 5.41) is 17.4. The molecule has 0 aliphatic heterocycles. The van der Waals surface area contributed by atoms with E-state index in [1.165, 1.54) is 35.0 Å². The minimum absolute atomic E-state index is 0.0742. The molecule has 7 heteroatoms. The first-order valence-electron chi connectivity index (χ1n) is 12.1. The average molecular weight is 480 g/mol. The highest BCUT2D eigenvalue weighted by Crippen LogP contribution is 2.30. The van der Waals surface area contributed by atoms with Crippen molar-refractivity contribution >= 4 is 5.91 Å². The third-order valence-electron chi connectivity index (χ3n) is 6.59. The first-order chi connectivity index (χ1) is 16.9. The molecule has 1 aromatic heterocycles. The van der Waals surface area contributed by atoms with Crippen LogP contribution in [0.25, 0.3) is 0 Å². The average Bonchev–Trinajstić information content (AvgIpc) is 2.86. The van der Waals surface area contributed by atoms with Crippen molar-refractivity contribution in [1.82, 2.24) is 15.6 Å². The summed E-state index contributed by atoms with van der Waals surface area (Å²) in [5.74, 6) is -1.80. The molecule has 4 rings (SSSR count). The zero-order valence-electron chi connectivity index (χ0n) is 19.8. The van der Waals surface area contributed by atoms with Gasteiger partial charge in [0.05, 0.1) is 17.7 Å². The highest BCUT2D eigenvalue weighted by molar-refractivity contribution is 5.94. The van der Waals surface area contributed by atoms with E-state index in [0.29, 0.717) is 11.1 Å². The number of aryl methyl sites for hydroxylation is 2. The van der Waals surface area contributed by atoms with Gasteiger partial charge in [0, 0.05) is 31.0 Å². The molecule has 0 radical (unpaired) electrons. The molecule has 5 nitrogen and oxygen atoms in total. The maximum Gasteiger partial charge on any atom is 0.253 e. The van der Waals surface area contributed by atoms with Crippen LogP contribution in [0, 0.1) is 11.6 Å². The molecule has 1 aliphatic rings. The lowest BCUT2D eigenvalue weighted by atomic mass is 9.86. The summed E-state index contributed by atoms with van der Waals surface area (Å²) < 4.78 is 27.6. The van der Waals surface area contributed by atoms with E-state index in [4.69, 9.17) is 0 Å². The molecule has 0 spiro atoms. The van der Waals surface area contributed by atoms with E-state index in [1.54, 1.807) is 18.3 Å². The fourth-order valence-corrected chi connectivity index (χ4v) is 4.70. The number of nitrogens with zero attached hydrogens (tertiary/aromatic N) is 1. The predicted octanol–water partition coefficient (Wildman–Crippen LogP) is 4.29. The number of aliphatic hydroxyl groups excluding tert-OH is 1. The zero-order valence-corrected chi connectivity index (χ0v) is 19.8. The Morgan fingerprint density at radius 2 is 1.94 bits per heavy atom. The largest absolute Gasteiger partial charge is 0.390 e. The Kier molecular flexibility index (Phi) is 8.21. The quantitative estimate of drug-likeness (QED) is 0.428. The highest BCUT2D eigenvalue weighted by Gasteiger charge is 2.26. The lowest BCUT2D eigenvalue weighted by Gasteiger charge is -2.30. The smallest absolute Gasteiger partial charge is 0.253 e. The zero-order chi connectivity index (χ0) is 24.8. The van der Waals surface area contributed by atoms with Gasteiger partial charge in [-0.15, -0.1) is 0 Å². The molecule has 3 aromatic rings. The van der Waals surface area contributed by atoms with Gasteiger partial charge in [0.1, 0.15) is 11.6 Å². The van der Waals surface area contributed by atoms with E-state index < -0.39 is 29.7 Å². The van der Waals surface area contributed by atoms with Crippen molar-refractivity contribution < 1.29 is 18.7 Å². The van der Waals surface area contributed by atoms with Crippen LogP contribution in [0.3, 0.4) is 0 Å². The van der Waals surface area contributed by atoms with Crippen molar-refractivity contribution in [2.45, 2.75) is 57.2 Å². The fourth-order valence-electron chi connectivity index (χ4n) is 4.70. The number of fused-ring (bicyclic) bond motifs is 1. The lowest BCUT2D eigenvalue weighted by molar-refractivity contribution is 0.0822. The summed E-state index contributed by atoms with van der Waals surface area (Å²) in [6.45, 7) is 2.35. The van der Waals surface area contributed by atoms with Crippen molar-refractivity contribution in [3.63, 3.8) is 0 Å². The molecule has 2 aromatic carbocycles. The Hall–Kier alpha value is -3.16. The summed E-state index contributed by atoms with van der Waals surface area (Å²) >= 11 is 0. The van der Waals surface area contributed by atoms with Crippen LogP contribution in [0.15, 0.2) is 60.9 Å². The van der Waals surface area contributed by atoms with Crippen LogP contribution in [0.5, 0.6) is 0 Å². The molecular weight excluding hydrogens is 448 g/mol. The second-order valence-electron chi connectivity index (χ2n) is 9.11. The number of halogens is 2. The molecule has 3 N–H and O–H groups in total. The first kappa shape index (κ1) is 24.9. The maximum absolute atomic E-state index is 13.8. The van der Waals surface area contributed by atoms with Crippen molar-refractivity contribution in [1.29, 1.82) is 0 Å². The molecule has 184 valence electrons. The van der Waals surface area contributed by atoms with E-state index in [1.807, 2.05) is 0 Å². The van der Waals surface area contributed by atoms with Crippen LogP contribution in [-0.4, -0.2) is 34.7 Å². The molecule has 1 aliphatic carbocycles. The molecule has 3 atom stereocenters. The van der Waals surface area contributed by atoms with E-state index in [2.05, 4.69) is 40.7 Å². The summed E-state index contributed by atoms with van der Waals surface area (Å²) in [7, 11) is 0. The molecule has 0 bridgehead atoms. The number of pyridine rings is 1. The molecule has 0 fully saturated rings. The van der Waals surface area contributed by atoms with Crippen LogP contribution in [0.1, 0.15) is 58.4 Å². The first-order valence-corrected chi connectivity index (χ1v) is 12.1. The SMILES string of the molecule is CCc1ccc2c(c1)[C@@H](NCC(O)C(Cc1cc(F)cc(F)c1)NC(=O)c1cccnc1)CCC2. The van der Waals surface area contributed by atoms with Gasteiger partial charge in [0.15, 0.2) is 0 Å². The standard InChI is InChI=1S/C28H31F2N3O2/c1-2-18-8-9-20-5-3-7-25(24(20)13-18)32-17-27(34)26(14-19-11-22(29)15-23(30)12-19)33-28(35)21-6-4-10-31-16-21/h4,6,8-13,15-16,25-27,32,34H,2-3,5,7,14,17H2,1H3,(H,33,35)/t25-,26?,27?/m0/s1. The van der Waals surface area contributed by atoms with Gasteiger partial charge in [0.25, 0.3) is 5.91 Å². The van der Waals surface area contributed by atoms with Gasteiger partial charge in [-0.3, -0.25) is 9.78 Å². The normalized spacial score (nSPS) is 16.9. The van der Waals surface area contributed by atoms with Crippen molar-refractivity contribution in [2.24, 2.45) is 0 Å². The van der Waals surface area contributed by atoms with Crippen LogP contribution in [0.2, 0.25) is 0 Å². The number of hydrogen-bond donors (Lipinski definition) is 3. The highest BCUT2D eigenvalue weighted by atomic mass is 19.1. The number of aliphatic hydroxyl groups is 1. The summed E-state index contributed by atoms with van der Waals surface area (Å²) in [6, 6.07) is 12.4. The number of amides is 1. The van der Waals surface area contributed by atoms with Crippen molar-refractivity contribution in [3.8, 4) is 0 Å². The third kappa shape index (κ3) is 6.50. The van der Waals surface area contributed by atoms with Gasteiger partial charge >= 0.3 is 0 Å². The molecule has 2 unspecified atom stereocenters. The summed E-state index contributed by atoms with van der Waals surface area (Å²) in [6.07, 6.45) is 6.08. The monoisotopic (exact) mass is 479 g/mol. The van der Waals surface area contributed by atoms with Crippen LogP contribution in [-0.2, 0) is 19.3 Å². The van der Waals surface area contributed by atoms with Gasteiger partial charge in [-0.1, -0.05) is 25.1 Å². The Balaban J connectivity index is 1.50. The molecule has 1 heterocycles. The molecule has 0 saturated carbocycles. The Bertz CT molecular complexity index is 1140. The second-order valence-corrected chi connectivity index (χ2v) is 9.11. The number of benzene rings is 2. The molecule has 1 amide bonds. The Morgan fingerprint density at radius 3 is 2.66 bits per heavy atom. The maximum atomic E-state index is 13.8. The van der Waals surface area contributed by atoms with E-state index >= 15 is 0 Å². The number of hydrogen-bond acceptors (Lipinski definition) is 4.